The predicted octanol–water partition coefficient (Wildman–Crippen LogP) is 7.04. The topological polar surface area (TPSA) is 87.7 Å². The van der Waals surface area contributed by atoms with E-state index in [1.165, 1.54) is 0 Å². The zero-order chi connectivity index (χ0) is 23.3. The Balaban J connectivity index is 1.84. The van der Waals surface area contributed by atoms with Crippen LogP contribution in [-0.2, 0) is 0 Å². The molecule has 3 aromatic carbocycles. The summed E-state index contributed by atoms with van der Waals surface area (Å²) in [6.45, 7) is 5.84. The fourth-order valence-electron chi connectivity index (χ4n) is 3.06. The minimum absolute atomic E-state index is 0.203. The van der Waals surface area contributed by atoms with Crippen LogP contribution >= 0.6 is 27.5 Å². The molecule has 6 nitrogen and oxygen atoms in total. The largest absolute Gasteiger partial charge is 0.490 e. The molecule has 3 N–H and O–H groups in total. The number of nitrogens with one attached hydrogen (secondary N) is 2. The Morgan fingerprint density at radius 3 is 2.50 bits per heavy atom. The van der Waals surface area contributed by atoms with Gasteiger partial charge in [-0.1, -0.05) is 40.2 Å². The summed E-state index contributed by atoms with van der Waals surface area (Å²) in [7, 11) is 0. The number of aryl methyl sites for hydroxylation is 1. The molecule has 0 aromatic heterocycles. The van der Waals surface area contributed by atoms with Gasteiger partial charge in [0.25, 0.3) is 0 Å². The van der Waals surface area contributed by atoms with E-state index in [1.807, 2.05) is 6.92 Å². The van der Waals surface area contributed by atoms with Gasteiger partial charge in [0.2, 0.25) is 0 Å². The third-order valence-electron chi connectivity index (χ3n) is 4.53. The highest BCUT2D eigenvalue weighted by molar-refractivity contribution is 9.10. The molecule has 0 spiro atoms. The van der Waals surface area contributed by atoms with Gasteiger partial charge >= 0.3 is 6.09 Å². The Morgan fingerprint density at radius 1 is 1.09 bits per heavy atom. The van der Waals surface area contributed by atoms with Gasteiger partial charge < -0.3 is 15.2 Å². The van der Waals surface area contributed by atoms with Crippen molar-refractivity contribution in [1.82, 2.24) is 0 Å². The normalized spacial score (nSPS) is 10.3. The highest BCUT2D eigenvalue weighted by atomic mass is 79.9. The summed E-state index contributed by atoms with van der Waals surface area (Å²) in [5, 5.41) is 14.8. The molecule has 0 bridgehead atoms. The van der Waals surface area contributed by atoms with E-state index in [4.69, 9.17) is 21.4 Å². The van der Waals surface area contributed by atoms with E-state index in [1.54, 1.807) is 60.7 Å². The van der Waals surface area contributed by atoms with Crippen molar-refractivity contribution in [3.63, 3.8) is 0 Å². The minimum atomic E-state index is -1.18. The van der Waals surface area contributed by atoms with E-state index in [0.29, 0.717) is 40.5 Å². The Hall–Kier alpha value is -3.29. The number of hydrogen-bond acceptors (Lipinski definition) is 4. The maximum Gasteiger partial charge on any atom is 0.409 e. The van der Waals surface area contributed by atoms with Gasteiger partial charge in [-0.2, -0.15) is 0 Å². The maximum atomic E-state index is 13.1. The molecule has 0 aliphatic rings. The molecule has 164 valence electrons. The Bertz CT molecular complexity index is 1200. The minimum Gasteiger partial charge on any atom is -0.490 e. The number of carboxylic acid groups (broad SMARTS) is 1. The van der Waals surface area contributed by atoms with Crippen LogP contribution in [0.5, 0.6) is 5.75 Å². The summed E-state index contributed by atoms with van der Waals surface area (Å²) < 4.78 is 6.23. The molecule has 1 amide bonds. The van der Waals surface area contributed by atoms with Crippen molar-refractivity contribution >= 4 is 56.5 Å². The number of ether oxygens (including phenoxy) is 1. The SMILES string of the molecule is C=CCOc1ccc(C(=O)c2ccc(Nc3ccc(Br)cc3NC(=O)O)cc2Cl)c(C)c1. The lowest BCUT2D eigenvalue weighted by Gasteiger charge is -2.14. The van der Waals surface area contributed by atoms with Crippen LogP contribution in [0.4, 0.5) is 21.9 Å². The van der Waals surface area contributed by atoms with E-state index < -0.39 is 6.09 Å². The molecule has 8 heteroatoms. The second-order valence-electron chi connectivity index (χ2n) is 6.85. The monoisotopic (exact) mass is 514 g/mol. The van der Waals surface area contributed by atoms with Crippen LogP contribution in [0.1, 0.15) is 21.5 Å². The molecule has 0 saturated heterocycles. The number of halogens is 2. The van der Waals surface area contributed by atoms with E-state index >= 15 is 0 Å². The summed E-state index contributed by atoms with van der Waals surface area (Å²) in [5.41, 5.74) is 3.18. The van der Waals surface area contributed by atoms with Crippen LogP contribution in [-0.4, -0.2) is 23.6 Å². The Morgan fingerprint density at radius 2 is 1.84 bits per heavy atom. The second-order valence-corrected chi connectivity index (χ2v) is 8.17. The van der Waals surface area contributed by atoms with Gasteiger partial charge in [0.05, 0.1) is 16.4 Å². The summed E-state index contributed by atoms with van der Waals surface area (Å²) in [6.07, 6.45) is 0.472. The summed E-state index contributed by atoms with van der Waals surface area (Å²) >= 11 is 9.75. The first-order chi connectivity index (χ1) is 15.3. The molecule has 0 heterocycles. The van der Waals surface area contributed by atoms with E-state index in [-0.39, 0.29) is 10.8 Å². The first kappa shape index (κ1) is 23.4. The first-order valence-corrected chi connectivity index (χ1v) is 10.7. The van der Waals surface area contributed by atoms with Crippen molar-refractivity contribution in [2.24, 2.45) is 0 Å². The molecule has 0 saturated carbocycles. The van der Waals surface area contributed by atoms with Gasteiger partial charge in [0.1, 0.15) is 12.4 Å². The van der Waals surface area contributed by atoms with Crippen LogP contribution in [0.3, 0.4) is 0 Å². The molecule has 0 fully saturated rings. The van der Waals surface area contributed by atoms with Gasteiger partial charge in [0, 0.05) is 21.3 Å². The molecular formula is C24H20BrClN2O4. The Labute approximate surface area is 199 Å². The molecule has 0 atom stereocenters. The number of amides is 1. The van der Waals surface area contributed by atoms with Gasteiger partial charge in [-0.25, -0.2) is 4.79 Å². The average Bonchev–Trinajstić information content (AvgIpc) is 2.73. The number of hydrogen-bond donors (Lipinski definition) is 3. The van der Waals surface area contributed by atoms with Crippen LogP contribution in [0.2, 0.25) is 5.02 Å². The lowest BCUT2D eigenvalue weighted by molar-refractivity contribution is 0.103. The summed E-state index contributed by atoms with van der Waals surface area (Å²) in [6, 6.07) is 15.4. The number of anilines is 3. The molecule has 0 unspecified atom stereocenters. The number of benzene rings is 3. The zero-order valence-electron chi connectivity index (χ0n) is 17.1. The molecule has 3 rings (SSSR count). The first-order valence-electron chi connectivity index (χ1n) is 9.53. The number of carbonyl (C=O) groups excluding carboxylic acids is 1. The Kier molecular flexibility index (Phi) is 7.56. The van der Waals surface area contributed by atoms with Gasteiger partial charge in [0.15, 0.2) is 5.78 Å². The van der Waals surface area contributed by atoms with Crippen molar-refractivity contribution in [3.8, 4) is 5.75 Å². The standard InChI is InChI=1S/C24H20BrClN2O4/c1-3-10-32-17-6-8-18(14(2)11-17)23(29)19-7-5-16(13-20(19)26)27-21-9-4-15(25)12-22(21)28-24(30)31/h3-9,11-13,27-28H,1,10H2,2H3,(H,30,31). The van der Waals surface area contributed by atoms with Crippen molar-refractivity contribution in [2.45, 2.75) is 6.92 Å². The fourth-order valence-corrected chi connectivity index (χ4v) is 3.69. The van der Waals surface area contributed by atoms with Crippen LogP contribution < -0.4 is 15.4 Å². The van der Waals surface area contributed by atoms with Crippen molar-refractivity contribution in [3.05, 3.63) is 93.4 Å². The molecule has 3 aromatic rings. The highest BCUT2D eigenvalue weighted by Crippen LogP contribution is 2.31. The fraction of sp³-hybridized carbons (Fsp3) is 0.0833. The van der Waals surface area contributed by atoms with Gasteiger partial charge in [-0.3, -0.25) is 10.1 Å². The molecule has 0 aliphatic carbocycles. The van der Waals surface area contributed by atoms with Crippen molar-refractivity contribution in [2.75, 3.05) is 17.2 Å². The lowest BCUT2D eigenvalue weighted by atomic mass is 9.98. The van der Waals surface area contributed by atoms with Crippen molar-refractivity contribution in [1.29, 1.82) is 0 Å². The zero-order valence-corrected chi connectivity index (χ0v) is 19.5. The molecule has 0 radical (unpaired) electrons. The number of ketones is 1. The van der Waals surface area contributed by atoms with Crippen LogP contribution in [0.25, 0.3) is 0 Å². The summed E-state index contributed by atoms with van der Waals surface area (Å²) in [5.74, 6) is 0.455. The third-order valence-corrected chi connectivity index (χ3v) is 5.33. The third kappa shape index (κ3) is 5.69. The number of carbonyl (C=O) groups is 2. The van der Waals surface area contributed by atoms with Crippen molar-refractivity contribution < 1.29 is 19.4 Å². The quantitative estimate of drug-likeness (QED) is 0.221. The van der Waals surface area contributed by atoms with Crippen LogP contribution in [0.15, 0.2) is 71.7 Å². The molecule has 32 heavy (non-hydrogen) atoms. The average molecular weight is 516 g/mol. The summed E-state index contributed by atoms with van der Waals surface area (Å²) in [4.78, 5) is 24.1. The molecule has 0 aliphatic heterocycles. The maximum absolute atomic E-state index is 13.1. The molecular weight excluding hydrogens is 496 g/mol. The predicted molar refractivity (Wildman–Crippen MR) is 131 cm³/mol. The van der Waals surface area contributed by atoms with Crippen LogP contribution in [0, 0.1) is 6.92 Å². The second kappa shape index (κ2) is 10.3. The lowest BCUT2D eigenvalue weighted by Crippen LogP contribution is -2.09. The van der Waals surface area contributed by atoms with E-state index in [0.717, 1.165) is 10.0 Å². The number of rotatable bonds is 8. The highest BCUT2D eigenvalue weighted by Gasteiger charge is 2.16. The van der Waals surface area contributed by atoms with Gasteiger partial charge in [-0.05, 0) is 67.1 Å². The van der Waals surface area contributed by atoms with E-state index in [2.05, 4.69) is 33.1 Å². The van der Waals surface area contributed by atoms with E-state index in [9.17, 15) is 9.59 Å². The smallest absolute Gasteiger partial charge is 0.409 e. The van der Waals surface area contributed by atoms with Gasteiger partial charge in [-0.15, -0.1) is 0 Å².